The van der Waals surface area contributed by atoms with Crippen molar-refractivity contribution in [2.24, 2.45) is 0 Å². The van der Waals surface area contributed by atoms with Crippen LogP contribution >= 0.6 is 23.2 Å². The van der Waals surface area contributed by atoms with Crippen molar-refractivity contribution >= 4 is 40.7 Å². The van der Waals surface area contributed by atoms with Crippen LogP contribution in [0.4, 0.5) is 5.69 Å². The molecule has 150 valence electrons. The second-order valence-electron chi connectivity index (χ2n) is 6.54. The number of carbonyl (C=O) groups excluding carboxylic acids is 2. The second-order valence-corrected chi connectivity index (χ2v) is 7.35. The number of rotatable bonds is 6. The van der Waals surface area contributed by atoms with E-state index in [0.717, 1.165) is 5.56 Å². The first kappa shape index (κ1) is 20.9. The summed E-state index contributed by atoms with van der Waals surface area (Å²) in [6.07, 6.45) is 2.11. The van der Waals surface area contributed by atoms with Gasteiger partial charge >= 0.3 is 0 Å². The number of oxazole rings is 1. The molecule has 0 saturated heterocycles. The van der Waals surface area contributed by atoms with E-state index < -0.39 is 0 Å². The highest BCUT2D eigenvalue weighted by atomic mass is 35.5. The largest absolute Gasteiger partial charge is 0.441 e. The molecule has 6 nitrogen and oxygen atoms in total. The normalized spacial score (nSPS) is 10.6. The van der Waals surface area contributed by atoms with Crippen LogP contribution in [0.2, 0.25) is 10.0 Å². The number of aryl methyl sites for hydroxylation is 1. The van der Waals surface area contributed by atoms with Crippen molar-refractivity contribution in [2.45, 2.75) is 12.8 Å². The van der Waals surface area contributed by atoms with E-state index >= 15 is 0 Å². The number of hydrogen-bond donors (Lipinski definition) is 1. The summed E-state index contributed by atoms with van der Waals surface area (Å²) in [5.74, 6) is 0.579. The van der Waals surface area contributed by atoms with Gasteiger partial charge in [0.25, 0.3) is 5.91 Å². The molecule has 0 aliphatic rings. The monoisotopic (exact) mass is 431 g/mol. The molecular formula is C21H19Cl2N3O3. The molecule has 2 amide bonds. The van der Waals surface area contributed by atoms with Crippen molar-refractivity contribution in [3.05, 3.63) is 70.2 Å². The summed E-state index contributed by atoms with van der Waals surface area (Å²) in [7, 11) is 3.29. The van der Waals surface area contributed by atoms with Crippen LogP contribution in [0.3, 0.4) is 0 Å². The minimum atomic E-state index is -0.217. The van der Waals surface area contributed by atoms with Crippen molar-refractivity contribution in [3.63, 3.8) is 0 Å². The molecule has 3 aromatic rings. The number of nitrogens with one attached hydrogen (secondary N) is 1. The topological polar surface area (TPSA) is 75.4 Å². The van der Waals surface area contributed by atoms with Gasteiger partial charge in [0.2, 0.25) is 5.91 Å². The molecule has 1 aromatic heterocycles. The van der Waals surface area contributed by atoms with Gasteiger partial charge in [0.15, 0.2) is 11.7 Å². The molecule has 0 radical (unpaired) electrons. The molecule has 0 bridgehead atoms. The summed E-state index contributed by atoms with van der Waals surface area (Å²) in [6, 6.07) is 12.1. The molecular weight excluding hydrogens is 413 g/mol. The lowest BCUT2D eigenvalue weighted by atomic mass is 10.1. The minimum absolute atomic E-state index is 0.179. The van der Waals surface area contributed by atoms with Crippen LogP contribution in [0.5, 0.6) is 0 Å². The smallest absolute Gasteiger partial charge is 0.254 e. The van der Waals surface area contributed by atoms with E-state index in [0.29, 0.717) is 34.3 Å². The molecule has 2 aromatic carbocycles. The highest BCUT2D eigenvalue weighted by Crippen LogP contribution is 2.28. The van der Waals surface area contributed by atoms with Gasteiger partial charge in [0.1, 0.15) is 0 Å². The Labute approximate surface area is 178 Å². The standard InChI is InChI=1S/C21H19Cl2N3O3/c1-26(2)21(28)15-8-7-13(11-17(15)23)25-19(27)9-10-20-24-12-18(29-20)14-5-3-4-6-16(14)22/h3-8,11-12H,9-10H2,1-2H3,(H,25,27). The molecule has 3 rings (SSSR count). The summed E-state index contributed by atoms with van der Waals surface area (Å²) in [5, 5.41) is 3.60. The van der Waals surface area contributed by atoms with Crippen LogP contribution in [-0.2, 0) is 11.2 Å². The fourth-order valence-electron chi connectivity index (χ4n) is 2.66. The van der Waals surface area contributed by atoms with Gasteiger partial charge in [-0.1, -0.05) is 35.3 Å². The number of aromatic nitrogens is 1. The summed E-state index contributed by atoms with van der Waals surface area (Å²) < 4.78 is 5.70. The second kappa shape index (κ2) is 9.11. The average molecular weight is 432 g/mol. The number of amides is 2. The van der Waals surface area contributed by atoms with E-state index in [9.17, 15) is 9.59 Å². The first-order chi connectivity index (χ1) is 13.8. The lowest BCUT2D eigenvalue weighted by Gasteiger charge is -2.12. The Kier molecular flexibility index (Phi) is 6.56. The Morgan fingerprint density at radius 1 is 1.10 bits per heavy atom. The van der Waals surface area contributed by atoms with Crippen LogP contribution in [0.25, 0.3) is 11.3 Å². The Balaban J connectivity index is 1.59. The molecule has 0 atom stereocenters. The molecule has 0 aliphatic heterocycles. The van der Waals surface area contributed by atoms with Crippen molar-refractivity contribution in [3.8, 4) is 11.3 Å². The zero-order valence-corrected chi connectivity index (χ0v) is 17.4. The SMILES string of the molecule is CN(C)C(=O)c1ccc(NC(=O)CCc2ncc(-c3ccccc3Cl)o2)cc1Cl. The molecule has 1 N–H and O–H groups in total. The van der Waals surface area contributed by atoms with Crippen LogP contribution in [-0.4, -0.2) is 35.8 Å². The predicted octanol–water partition coefficient (Wildman–Crippen LogP) is 4.92. The van der Waals surface area contributed by atoms with Crippen LogP contribution < -0.4 is 5.32 Å². The lowest BCUT2D eigenvalue weighted by molar-refractivity contribution is -0.116. The Bertz CT molecular complexity index is 1050. The average Bonchev–Trinajstić information content (AvgIpc) is 3.15. The van der Waals surface area contributed by atoms with Crippen molar-refractivity contribution in [1.29, 1.82) is 0 Å². The van der Waals surface area contributed by atoms with E-state index in [2.05, 4.69) is 10.3 Å². The van der Waals surface area contributed by atoms with Crippen LogP contribution in [0.15, 0.2) is 53.1 Å². The highest BCUT2D eigenvalue weighted by Gasteiger charge is 2.14. The Morgan fingerprint density at radius 2 is 1.86 bits per heavy atom. The maximum atomic E-state index is 12.2. The van der Waals surface area contributed by atoms with Crippen LogP contribution in [0.1, 0.15) is 22.7 Å². The lowest BCUT2D eigenvalue weighted by Crippen LogP contribution is -2.22. The zero-order chi connectivity index (χ0) is 21.0. The van der Waals surface area contributed by atoms with Gasteiger partial charge < -0.3 is 14.6 Å². The number of carbonyl (C=O) groups is 2. The third kappa shape index (κ3) is 5.16. The van der Waals surface area contributed by atoms with Gasteiger partial charge in [0, 0.05) is 38.2 Å². The Morgan fingerprint density at radius 3 is 2.55 bits per heavy atom. The summed E-state index contributed by atoms with van der Waals surface area (Å²) in [4.78, 5) is 29.9. The molecule has 29 heavy (non-hydrogen) atoms. The fourth-order valence-corrected chi connectivity index (χ4v) is 3.15. The van der Waals surface area contributed by atoms with Gasteiger partial charge in [-0.05, 0) is 30.3 Å². The number of benzene rings is 2. The van der Waals surface area contributed by atoms with Crippen molar-refractivity contribution in [1.82, 2.24) is 9.88 Å². The molecule has 0 spiro atoms. The van der Waals surface area contributed by atoms with Gasteiger partial charge in [-0.25, -0.2) is 4.98 Å². The number of nitrogens with zero attached hydrogens (tertiary/aromatic N) is 2. The van der Waals surface area contributed by atoms with E-state index in [4.69, 9.17) is 27.6 Å². The first-order valence-corrected chi connectivity index (χ1v) is 9.61. The minimum Gasteiger partial charge on any atom is -0.441 e. The summed E-state index contributed by atoms with van der Waals surface area (Å²) in [6.45, 7) is 0. The molecule has 0 aliphatic carbocycles. The molecule has 0 unspecified atom stereocenters. The van der Waals surface area contributed by atoms with Crippen molar-refractivity contribution in [2.75, 3.05) is 19.4 Å². The van der Waals surface area contributed by atoms with Gasteiger partial charge in [0.05, 0.1) is 21.8 Å². The van der Waals surface area contributed by atoms with Gasteiger partial charge in [-0.2, -0.15) is 0 Å². The summed E-state index contributed by atoms with van der Waals surface area (Å²) in [5.41, 5.74) is 1.64. The molecule has 0 saturated carbocycles. The van der Waals surface area contributed by atoms with Gasteiger partial charge in [-0.3, -0.25) is 9.59 Å². The first-order valence-electron chi connectivity index (χ1n) is 8.86. The fraction of sp³-hybridized carbons (Fsp3) is 0.190. The zero-order valence-electron chi connectivity index (χ0n) is 15.9. The molecule has 0 fully saturated rings. The number of halogens is 2. The van der Waals surface area contributed by atoms with E-state index in [1.165, 1.54) is 4.90 Å². The van der Waals surface area contributed by atoms with Crippen LogP contribution in [0, 0.1) is 0 Å². The number of hydrogen-bond acceptors (Lipinski definition) is 4. The van der Waals surface area contributed by atoms with E-state index in [-0.39, 0.29) is 23.3 Å². The maximum Gasteiger partial charge on any atom is 0.254 e. The summed E-state index contributed by atoms with van der Waals surface area (Å²) >= 11 is 12.3. The third-order valence-electron chi connectivity index (χ3n) is 4.15. The third-order valence-corrected chi connectivity index (χ3v) is 4.79. The quantitative estimate of drug-likeness (QED) is 0.600. The van der Waals surface area contributed by atoms with E-state index in [1.807, 2.05) is 18.2 Å². The van der Waals surface area contributed by atoms with Gasteiger partial charge in [-0.15, -0.1) is 0 Å². The predicted molar refractivity (Wildman–Crippen MR) is 113 cm³/mol. The van der Waals surface area contributed by atoms with E-state index in [1.54, 1.807) is 44.6 Å². The number of anilines is 1. The molecule has 1 heterocycles. The van der Waals surface area contributed by atoms with Crippen molar-refractivity contribution < 1.29 is 14.0 Å². The highest BCUT2D eigenvalue weighted by molar-refractivity contribution is 6.34. The molecule has 8 heteroatoms. The Hall–Kier alpha value is -2.83. The maximum absolute atomic E-state index is 12.2.